The fourth-order valence-electron chi connectivity index (χ4n) is 1.41. The molecule has 1 aromatic heterocycles. The van der Waals surface area contributed by atoms with Crippen LogP contribution in [-0.2, 0) is 11.8 Å². The van der Waals surface area contributed by atoms with Gasteiger partial charge in [0.05, 0.1) is 0 Å². The van der Waals surface area contributed by atoms with Gasteiger partial charge in [-0.3, -0.25) is 0 Å². The molecule has 1 rings (SSSR count). The summed E-state index contributed by atoms with van der Waals surface area (Å²) in [5, 5.41) is 0. The predicted molar refractivity (Wildman–Crippen MR) is 70.8 cm³/mol. The second-order valence-electron chi connectivity index (χ2n) is 6.58. The van der Waals surface area contributed by atoms with Gasteiger partial charge in [-0.25, -0.2) is 0 Å². The zero-order valence-electron chi connectivity index (χ0n) is 11.0. The van der Waals surface area contributed by atoms with Gasteiger partial charge in [0.15, 0.2) is 0 Å². The van der Waals surface area contributed by atoms with Crippen molar-refractivity contribution < 1.29 is 0 Å². The summed E-state index contributed by atoms with van der Waals surface area (Å²) >= 11 is 1.98. The van der Waals surface area contributed by atoms with E-state index >= 15 is 0 Å². The molecule has 0 spiro atoms. The van der Waals surface area contributed by atoms with E-state index in [0.29, 0.717) is 10.8 Å². The lowest BCUT2D eigenvalue weighted by atomic mass is 9.90. The number of rotatable bonds is 2. The van der Waals surface area contributed by atoms with E-state index in [1.807, 2.05) is 11.3 Å². The summed E-state index contributed by atoms with van der Waals surface area (Å²) in [4.78, 5) is 3.04. The minimum absolute atomic E-state index is 0.310. The lowest BCUT2D eigenvalue weighted by molar-refractivity contribution is 0.379. The van der Waals surface area contributed by atoms with Crippen LogP contribution in [0.3, 0.4) is 0 Å². The van der Waals surface area contributed by atoms with Crippen LogP contribution in [0.2, 0.25) is 0 Å². The lowest BCUT2D eigenvalue weighted by Gasteiger charge is -2.17. The number of hydrogen-bond donors (Lipinski definition) is 0. The van der Waals surface area contributed by atoms with Crippen molar-refractivity contribution in [3.05, 3.63) is 21.9 Å². The van der Waals surface area contributed by atoms with Crippen molar-refractivity contribution in [2.75, 3.05) is 0 Å². The molecule has 1 heteroatoms. The maximum Gasteiger partial charge on any atom is 0.0102 e. The second kappa shape index (κ2) is 4.29. The Morgan fingerprint density at radius 1 is 1.00 bits per heavy atom. The molecular weight excluding hydrogens is 200 g/mol. The molecule has 0 nitrogen and oxygen atoms in total. The van der Waals surface area contributed by atoms with Crippen LogP contribution in [0.4, 0.5) is 0 Å². The largest absolute Gasteiger partial charge is 0.145 e. The maximum absolute atomic E-state index is 2.31. The summed E-state index contributed by atoms with van der Waals surface area (Å²) in [6, 6.07) is 4.60. The SMILES string of the molecule is CC(C)(C)CCc1ccc(C(C)(C)C)s1. The van der Waals surface area contributed by atoms with Crippen LogP contribution in [0.5, 0.6) is 0 Å². The highest BCUT2D eigenvalue weighted by molar-refractivity contribution is 7.12. The quantitative estimate of drug-likeness (QED) is 0.661. The van der Waals surface area contributed by atoms with E-state index in [-0.39, 0.29) is 0 Å². The molecule has 0 bridgehead atoms. The molecule has 0 fully saturated rings. The average molecular weight is 224 g/mol. The van der Waals surface area contributed by atoms with Crippen LogP contribution in [0.15, 0.2) is 12.1 Å². The maximum atomic E-state index is 2.31. The molecule has 1 heterocycles. The summed E-state index contributed by atoms with van der Waals surface area (Å²) in [6.45, 7) is 13.8. The Morgan fingerprint density at radius 2 is 1.60 bits per heavy atom. The first-order valence-corrected chi connectivity index (χ1v) is 6.59. The van der Waals surface area contributed by atoms with Crippen LogP contribution in [0, 0.1) is 5.41 Å². The summed E-state index contributed by atoms with van der Waals surface area (Å²) in [5.74, 6) is 0. The fraction of sp³-hybridized carbons (Fsp3) is 0.714. The van der Waals surface area contributed by atoms with Crippen LogP contribution in [-0.4, -0.2) is 0 Å². The smallest absolute Gasteiger partial charge is 0.0102 e. The molecule has 1 aromatic rings. The van der Waals surface area contributed by atoms with Gasteiger partial charge < -0.3 is 0 Å². The highest BCUT2D eigenvalue weighted by Crippen LogP contribution is 2.31. The lowest BCUT2D eigenvalue weighted by Crippen LogP contribution is -2.08. The van der Waals surface area contributed by atoms with Gasteiger partial charge in [-0.1, -0.05) is 41.5 Å². The number of hydrogen-bond acceptors (Lipinski definition) is 1. The van der Waals surface area contributed by atoms with Crippen molar-refractivity contribution >= 4 is 11.3 Å². The highest BCUT2D eigenvalue weighted by atomic mass is 32.1. The van der Waals surface area contributed by atoms with Crippen molar-refractivity contribution in [3.8, 4) is 0 Å². The molecule has 0 radical (unpaired) electrons. The van der Waals surface area contributed by atoms with Gasteiger partial charge in [0, 0.05) is 9.75 Å². The minimum Gasteiger partial charge on any atom is -0.145 e. The van der Waals surface area contributed by atoms with Crippen molar-refractivity contribution in [1.29, 1.82) is 0 Å². The van der Waals surface area contributed by atoms with E-state index in [4.69, 9.17) is 0 Å². The fourth-order valence-corrected chi connectivity index (χ4v) is 2.48. The van der Waals surface area contributed by atoms with E-state index < -0.39 is 0 Å². The Bertz CT molecular complexity index is 307. The van der Waals surface area contributed by atoms with Gasteiger partial charge >= 0.3 is 0 Å². The molecule has 0 unspecified atom stereocenters. The molecule has 0 amide bonds. The first kappa shape index (κ1) is 12.8. The zero-order chi connectivity index (χ0) is 11.7. The van der Waals surface area contributed by atoms with Crippen molar-refractivity contribution in [3.63, 3.8) is 0 Å². The topological polar surface area (TPSA) is 0 Å². The van der Waals surface area contributed by atoms with Crippen molar-refractivity contribution in [1.82, 2.24) is 0 Å². The van der Waals surface area contributed by atoms with Crippen LogP contribution >= 0.6 is 11.3 Å². The van der Waals surface area contributed by atoms with Crippen LogP contribution in [0.1, 0.15) is 57.7 Å². The van der Waals surface area contributed by atoms with E-state index in [1.54, 1.807) is 0 Å². The van der Waals surface area contributed by atoms with E-state index in [0.717, 1.165) is 0 Å². The molecule has 15 heavy (non-hydrogen) atoms. The Hall–Kier alpha value is -0.300. The molecule has 0 atom stereocenters. The third-order valence-corrected chi connectivity index (χ3v) is 4.09. The zero-order valence-corrected chi connectivity index (χ0v) is 11.8. The van der Waals surface area contributed by atoms with Gasteiger partial charge in [0.25, 0.3) is 0 Å². The molecule has 0 N–H and O–H groups in total. The number of thiophene rings is 1. The van der Waals surface area contributed by atoms with Gasteiger partial charge in [-0.2, -0.15) is 0 Å². The number of aryl methyl sites for hydroxylation is 1. The van der Waals surface area contributed by atoms with E-state index in [2.05, 4.69) is 53.7 Å². The molecule has 0 aromatic carbocycles. The first-order valence-electron chi connectivity index (χ1n) is 5.78. The van der Waals surface area contributed by atoms with Crippen LogP contribution in [0.25, 0.3) is 0 Å². The third-order valence-electron chi connectivity index (χ3n) is 2.52. The minimum atomic E-state index is 0.310. The third kappa shape index (κ3) is 4.38. The Balaban J connectivity index is 2.62. The van der Waals surface area contributed by atoms with Crippen molar-refractivity contribution in [2.45, 2.75) is 59.8 Å². The molecule has 0 aliphatic carbocycles. The molecule has 0 saturated carbocycles. The van der Waals surface area contributed by atoms with Gasteiger partial charge in [0.1, 0.15) is 0 Å². The van der Waals surface area contributed by atoms with E-state index in [1.165, 1.54) is 22.6 Å². The average Bonchev–Trinajstić information content (AvgIpc) is 2.45. The Morgan fingerprint density at radius 3 is 2.00 bits per heavy atom. The van der Waals surface area contributed by atoms with Crippen LogP contribution < -0.4 is 0 Å². The molecular formula is C14H24S. The molecule has 86 valence electrons. The summed E-state index contributed by atoms with van der Waals surface area (Å²) in [7, 11) is 0. The van der Waals surface area contributed by atoms with Gasteiger partial charge in [-0.05, 0) is 35.8 Å². The second-order valence-corrected chi connectivity index (χ2v) is 7.74. The molecule has 0 aliphatic heterocycles. The van der Waals surface area contributed by atoms with Crippen molar-refractivity contribution in [2.24, 2.45) is 5.41 Å². The van der Waals surface area contributed by atoms with E-state index in [9.17, 15) is 0 Å². The summed E-state index contributed by atoms with van der Waals surface area (Å²) in [5.41, 5.74) is 0.760. The Labute approximate surface area is 98.7 Å². The normalized spacial score (nSPS) is 13.2. The monoisotopic (exact) mass is 224 g/mol. The summed E-state index contributed by atoms with van der Waals surface area (Å²) < 4.78 is 0. The first-order chi connectivity index (χ1) is 6.68. The summed E-state index contributed by atoms with van der Waals surface area (Å²) in [6.07, 6.45) is 2.50. The standard InChI is InChI=1S/C14H24S/c1-13(2,3)10-9-11-7-8-12(15-11)14(4,5)6/h7-8H,9-10H2,1-6H3. The molecule has 0 aliphatic rings. The van der Waals surface area contributed by atoms with Gasteiger partial charge in [-0.15, -0.1) is 11.3 Å². The van der Waals surface area contributed by atoms with Gasteiger partial charge in [0.2, 0.25) is 0 Å². The Kier molecular flexibility index (Phi) is 3.65. The molecule has 0 saturated heterocycles. The predicted octanol–water partition coefficient (Wildman–Crippen LogP) is 5.02. The highest BCUT2D eigenvalue weighted by Gasteiger charge is 2.17.